The van der Waals surface area contributed by atoms with Gasteiger partial charge in [-0.3, -0.25) is 9.78 Å². The third-order valence-corrected chi connectivity index (χ3v) is 7.07. The number of halogens is 1. The van der Waals surface area contributed by atoms with Crippen LogP contribution >= 0.6 is 23.5 Å². The molecule has 1 N–H and O–H groups in total. The Hall–Kier alpha value is -3.02. The van der Waals surface area contributed by atoms with Gasteiger partial charge in [-0.05, 0) is 78.7 Å². The van der Waals surface area contributed by atoms with Gasteiger partial charge in [0.05, 0.1) is 10.7 Å². The molecule has 0 radical (unpaired) electrons. The molecule has 4 aromatic rings. The van der Waals surface area contributed by atoms with Crippen LogP contribution in [-0.2, 0) is 0 Å². The fourth-order valence-electron chi connectivity index (χ4n) is 3.77. The molecule has 3 aromatic carbocycles. The van der Waals surface area contributed by atoms with E-state index in [1.165, 1.54) is 0 Å². The number of hydrogen-bond donors (Lipinski definition) is 1. The number of carbonyl (C=O) groups is 1. The summed E-state index contributed by atoms with van der Waals surface area (Å²) in [4.78, 5) is 17.5. The van der Waals surface area contributed by atoms with E-state index in [1.807, 2.05) is 78.7 Å². The zero-order chi connectivity index (χ0) is 23.9. The maximum Gasteiger partial charge on any atom is 0.255 e. The van der Waals surface area contributed by atoms with Gasteiger partial charge >= 0.3 is 0 Å². The highest BCUT2D eigenvalue weighted by Crippen LogP contribution is 2.34. The Balaban J connectivity index is 1.55. The molecule has 174 valence electrons. The lowest BCUT2D eigenvalue weighted by Gasteiger charge is -2.22. The normalized spacial score (nSPS) is 10.9. The van der Waals surface area contributed by atoms with Gasteiger partial charge in [-0.25, -0.2) is 0 Å². The summed E-state index contributed by atoms with van der Waals surface area (Å²) in [6.07, 6.45) is 3.98. The van der Waals surface area contributed by atoms with Gasteiger partial charge in [0.15, 0.2) is 0 Å². The smallest absolute Gasteiger partial charge is 0.255 e. The first kappa shape index (κ1) is 24.1. The van der Waals surface area contributed by atoms with Gasteiger partial charge in [0.1, 0.15) is 0 Å². The van der Waals surface area contributed by atoms with Gasteiger partial charge in [0.2, 0.25) is 0 Å². The van der Waals surface area contributed by atoms with Crippen LogP contribution < -0.4 is 9.62 Å². The molecule has 1 aromatic heterocycles. The van der Waals surface area contributed by atoms with Crippen molar-refractivity contribution in [3.05, 3.63) is 89.6 Å². The lowest BCUT2D eigenvalue weighted by molar-refractivity contribution is 0.102. The molecular weight excluding hydrogens is 462 g/mol. The second-order valence-electron chi connectivity index (χ2n) is 8.01. The lowest BCUT2D eigenvalue weighted by atomic mass is 10.0. The predicted molar refractivity (Wildman–Crippen MR) is 147 cm³/mol. The summed E-state index contributed by atoms with van der Waals surface area (Å²) in [6, 6.07) is 23.3. The van der Waals surface area contributed by atoms with E-state index in [2.05, 4.69) is 28.5 Å². The van der Waals surface area contributed by atoms with Crippen molar-refractivity contribution in [3.63, 3.8) is 0 Å². The lowest BCUT2D eigenvalue weighted by Crippen LogP contribution is -2.16. The highest BCUT2D eigenvalue weighted by molar-refractivity contribution is 8.00. The van der Waals surface area contributed by atoms with Crippen LogP contribution in [0.3, 0.4) is 0 Å². The van der Waals surface area contributed by atoms with Crippen molar-refractivity contribution < 1.29 is 4.79 Å². The standard InChI is InChI=1S/C28H28ClN3OS/c1-3-17-32(34-18-4-2)23-12-9-21(10-13-23)28(33)31-22-11-14-26(29)25(19-22)27-24-8-6-5-7-20(24)15-16-30-27/h5-16,19H,3-4,17-18H2,1-2H3,(H,31,33). The second-order valence-corrected chi connectivity index (χ2v) is 9.53. The molecule has 0 saturated carbocycles. The summed E-state index contributed by atoms with van der Waals surface area (Å²) in [5.41, 5.74) is 3.99. The van der Waals surface area contributed by atoms with Crippen LogP contribution in [0, 0.1) is 0 Å². The summed E-state index contributed by atoms with van der Waals surface area (Å²) >= 11 is 8.37. The molecule has 0 fully saturated rings. The number of fused-ring (bicyclic) bond motifs is 1. The molecule has 0 aliphatic rings. The minimum atomic E-state index is -0.158. The average Bonchev–Trinajstić information content (AvgIpc) is 2.87. The van der Waals surface area contributed by atoms with Crippen LogP contribution in [0.4, 0.5) is 11.4 Å². The number of benzene rings is 3. The fraction of sp³-hybridized carbons (Fsp3) is 0.214. The van der Waals surface area contributed by atoms with E-state index in [4.69, 9.17) is 11.6 Å². The SMILES string of the molecule is CCCSN(CCC)c1ccc(C(=O)Nc2ccc(Cl)c(-c3nccc4ccccc34)c2)cc1. The summed E-state index contributed by atoms with van der Waals surface area (Å²) in [7, 11) is 0. The van der Waals surface area contributed by atoms with E-state index in [1.54, 1.807) is 12.3 Å². The van der Waals surface area contributed by atoms with Crippen molar-refractivity contribution in [1.82, 2.24) is 4.98 Å². The Morgan fingerprint density at radius 3 is 2.56 bits per heavy atom. The molecular formula is C28H28ClN3OS. The largest absolute Gasteiger partial charge is 0.322 e. The average molecular weight is 490 g/mol. The van der Waals surface area contributed by atoms with Crippen molar-refractivity contribution in [2.45, 2.75) is 26.7 Å². The minimum absolute atomic E-state index is 0.158. The molecule has 0 unspecified atom stereocenters. The minimum Gasteiger partial charge on any atom is -0.322 e. The van der Waals surface area contributed by atoms with Crippen molar-refractivity contribution >= 4 is 51.6 Å². The Morgan fingerprint density at radius 1 is 1.00 bits per heavy atom. The molecule has 4 rings (SSSR count). The van der Waals surface area contributed by atoms with Gasteiger partial charge in [-0.1, -0.05) is 49.7 Å². The van der Waals surface area contributed by atoms with Crippen molar-refractivity contribution in [2.75, 3.05) is 21.9 Å². The topological polar surface area (TPSA) is 45.2 Å². The first-order valence-electron chi connectivity index (χ1n) is 11.6. The van der Waals surface area contributed by atoms with Crippen LogP contribution in [0.1, 0.15) is 37.0 Å². The van der Waals surface area contributed by atoms with Crippen LogP contribution in [0.25, 0.3) is 22.0 Å². The molecule has 6 heteroatoms. The molecule has 0 aliphatic heterocycles. The second kappa shape index (κ2) is 11.4. The van der Waals surface area contributed by atoms with E-state index >= 15 is 0 Å². The number of hydrogen-bond acceptors (Lipinski definition) is 4. The summed E-state index contributed by atoms with van der Waals surface area (Å²) in [5.74, 6) is 0.918. The zero-order valence-corrected chi connectivity index (χ0v) is 21.0. The van der Waals surface area contributed by atoms with E-state index in [-0.39, 0.29) is 5.91 Å². The highest BCUT2D eigenvalue weighted by atomic mass is 35.5. The van der Waals surface area contributed by atoms with Crippen molar-refractivity contribution in [1.29, 1.82) is 0 Å². The number of amides is 1. The summed E-state index contributed by atoms with van der Waals surface area (Å²) < 4.78 is 2.30. The number of pyridine rings is 1. The zero-order valence-electron chi connectivity index (χ0n) is 19.4. The number of anilines is 2. The maximum atomic E-state index is 13.0. The van der Waals surface area contributed by atoms with Crippen LogP contribution in [0.2, 0.25) is 5.02 Å². The van der Waals surface area contributed by atoms with Gasteiger partial charge in [-0.15, -0.1) is 0 Å². The number of nitrogens with zero attached hydrogens (tertiary/aromatic N) is 2. The Morgan fingerprint density at radius 2 is 1.79 bits per heavy atom. The molecule has 0 bridgehead atoms. The third-order valence-electron chi connectivity index (χ3n) is 5.45. The number of rotatable bonds is 9. The van der Waals surface area contributed by atoms with E-state index in [0.29, 0.717) is 16.3 Å². The van der Waals surface area contributed by atoms with Gasteiger partial charge < -0.3 is 9.62 Å². The van der Waals surface area contributed by atoms with Crippen molar-refractivity contribution in [2.24, 2.45) is 0 Å². The van der Waals surface area contributed by atoms with Gasteiger partial charge in [-0.2, -0.15) is 0 Å². The van der Waals surface area contributed by atoms with Gasteiger partial charge in [0.25, 0.3) is 5.91 Å². The molecule has 1 amide bonds. The summed E-state index contributed by atoms with van der Waals surface area (Å²) in [6.45, 7) is 5.34. The monoisotopic (exact) mass is 489 g/mol. The number of carbonyl (C=O) groups excluding carboxylic acids is 1. The predicted octanol–water partition coefficient (Wildman–Crippen LogP) is 8.08. The quantitative estimate of drug-likeness (QED) is 0.241. The Kier molecular flexibility index (Phi) is 8.09. The third kappa shape index (κ3) is 5.54. The number of aromatic nitrogens is 1. The van der Waals surface area contributed by atoms with E-state index in [0.717, 1.165) is 52.9 Å². The first-order chi connectivity index (χ1) is 16.6. The summed E-state index contributed by atoms with van der Waals surface area (Å²) in [5, 5.41) is 5.70. The fourth-order valence-corrected chi connectivity index (χ4v) is 4.97. The molecule has 0 saturated heterocycles. The molecule has 0 spiro atoms. The van der Waals surface area contributed by atoms with Gasteiger partial charge in [0, 0.05) is 46.4 Å². The van der Waals surface area contributed by atoms with E-state index in [9.17, 15) is 4.79 Å². The van der Waals surface area contributed by atoms with Crippen LogP contribution in [-0.4, -0.2) is 23.2 Å². The molecule has 0 atom stereocenters. The van der Waals surface area contributed by atoms with Crippen LogP contribution in [0.5, 0.6) is 0 Å². The van der Waals surface area contributed by atoms with Crippen LogP contribution in [0.15, 0.2) is 79.0 Å². The maximum absolute atomic E-state index is 13.0. The highest BCUT2D eigenvalue weighted by Gasteiger charge is 2.13. The molecule has 1 heterocycles. The molecule has 4 nitrogen and oxygen atoms in total. The first-order valence-corrected chi connectivity index (χ1v) is 12.9. The Bertz CT molecular complexity index is 1270. The van der Waals surface area contributed by atoms with E-state index < -0.39 is 0 Å². The molecule has 0 aliphatic carbocycles. The molecule has 34 heavy (non-hydrogen) atoms. The Labute approximate surface area is 210 Å². The number of nitrogens with one attached hydrogen (secondary N) is 1. The van der Waals surface area contributed by atoms with Crippen molar-refractivity contribution in [3.8, 4) is 11.3 Å².